The second kappa shape index (κ2) is 6.56. The molecule has 1 N–H and O–H groups in total. The van der Waals surface area contributed by atoms with Gasteiger partial charge in [-0.2, -0.15) is 0 Å². The predicted octanol–water partition coefficient (Wildman–Crippen LogP) is 2.42. The van der Waals surface area contributed by atoms with Crippen molar-refractivity contribution in [3.8, 4) is 0 Å². The Balaban J connectivity index is 2.28. The number of amides is 1. The number of nitrogens with zero attached hydrogens (tertiary/aromatic N) is 2. The molecule has 0 aliphatic heterocycles. The van der Waals surface area contributed by atoms with Crippen molar-refractivity contribution in [2.24, 2.45) is 0 Å². The summed E-state index contributed by atoms with van der Waals surface area (Å²) in [5.41, 5.74) is 2.27. The van der Waals surface area contributed by atoms with Crippen molar-refractivity contribution in [1.82, 2.24) is 14.9 Å². The van der Waals surface area contributed by atoms with Crippen LogP contribution in [0.4, 0.5) is 0 Å². The molecule has 22 heavy (non-hydrogen) atoms. The van der Waals surface area contributed by atoms with Crippen LogP contribution >= 0.6 is 0 Å². The molecule has 2 rings (SSSR count). The number of imidazole rings is 1. The highest BCUT2D eigenvalue weighted by atomic mass is 16.1. The van der Waals surface area contributed by atoms with Crippen LogP contribution in [0.5, 0.6) is 0 Å². The Labute approximate surface area is 130 Å². The van der Waals surface area contributed by atoms with Crippen LogP contribution in [0.25, 0.3) is 11.0 Å². The van der Waals surface area contributed by atoms with Gasteiger partial charge in [0.25, 0.3) is 0 Å². The molecule has 1 amide bonds. The number of carbonyl (C=O) groups is 2. The lowest BCUT2D eigenvalue weighted by Crippen LogP contribution is -2.27. The van der Waals surface area contributed by atoms with E-state index in [9.17, 15) is 9.59 Å². The number of carbonyl (C=O) groups excluding carboxylic acids is 2. The first kappa shape index (κ1) is 15.9. The van der Waals surface area contributed by atoms with Crippen LogP contribution in [0.1, 0.15) is 32.6 Å². The Hall–Kier alpha value is -2.43. The van der Waals surface area contributed by atoms with Gasteiger partial charge >= 0.3 is 0 Å². The van der Waals surface area contributed by atoms with Gasteiger partial charge in [0.15, 0.2) is 5.78 Å². The average molecular weight is 299 g/mol. The lowest BCUT2D eigenvalue weighted by molar-refractivity contribution is -0.120. The zero-order valence-corrected chi connectivity index (χ0v) is 13.2. The zero-order chi connectivity index (χ0) is 16.3. The minimum absolute atomic E-state index is 0.0791. The number of hydrogen-bond acceptors (Lipinski definition) is 3. The molecule has 1 heterocycles. The van der Waals surface area contributed by atoms with Gasteiger partial charge in [0.2, 0.25) is 5.91 Å². The monoisotopic (exact) mass is 299 g/mol. The quantitative estimate of drug-likeness (QED) is 0.833. The number of para-hydroxylation sites is 2. The average Bonchev–Trinajstić information content (AvgIpc) is 2.84. The van der Waals surface area contributed by atoms with Crippen LogP contribution in [0.2, 0.25) is 0 Å². The van der Waals surface area contributed by atoms with Crippen molar-refractivity contribution in [2.75, 3.05) is 6.54 Å². The fourth-order valence-electron chi connectivity index (χ4n) is 2.32. The molecule has 116 valence electrons. The lowest BCUT2D eigenvalue weighted by Gasteiger charge is -2.15. The fourth-order valence-corrected chi connectivity index (χ4v) is 2.32. The number of fused-ring (bicyclic) bond motifs is 1. The Morgan fingerprint density at radius 2 is 2.00 bits per heavy atom. The van der Waals surface area contributed by atoms with Gasteiger partial charge in [0.1, 0.15) is 5.82 Å². The molecule has 2 aromatic rings. The van der Waals surface area contributed by atoms with Gasteiger partial charge < -0.3 is 9.88 Å². The van der Waals surface area contributed by atoms with E-state index in [1.807, 2.05) is 35.8 Å². The second-order valence-corrected chi connectivity index (χ2v) is 5.46. The summed E-state index contributed by atoms with van der Waals surface area (Å²) in [6.45, 7) is 9.18. The smallest absolute Gasteiger partial charge is 0.246 e. The number of benzene rings is 1. The van der Waals surface area contributed by atoms with Crippen LogP contribution < -0.4 is 5.32 Å². The van der Waals surface area contributed by atoms with Gasteiger partial charge in [-0.15, -0.1) is 0 Å². The molecule has 0 bridgehead atoms. The summed E-state index contributed by atoms with van der Waals surface area (Å²) in [5.74, 6) is 0.712. The maximum atomic E-state index is 11.8. The molecule has 5 nitrogen and oxygen atoms in total. The highest BCUT2D eigenvalue weighted by molar-refractivity contribution is 5.92. The second-order valence-electron chi connectivity index (χ2n) is 5.46. The molecular weight excluding hydrogens is 278 g/mol. The molecular formula is C17H21N3O2. The van der Waals surface area contributed by atoms with Crippen LogP contribution in [0, 0.1) is 0 Å². The first-order chi connectivity index (χ1) is 10.4. The molecule has 1 aromatic heterocycles. The third kappa shape index (κ3) is 3.24. The highest BCUT2D eigenvalue weighted by Gasteiger charge is 2.18. The summed E-state index contributed by atoms with van der Waals surface area (Å²) in [6, 6.07) is 7.45. The van der Waals surface area contributed by atoms with Gasteiger partial charge in [-0.1, -0.05) is 18.7 Å². The largest absolute Gasteiger partial charge is 0.352 e. The molecule has 5 heteroatoms. The minimum atomic E-state index is -0.278. The number of Topliss-reactive ketones (excluding diaryl/α,β-unsaturated/α-hetero) is 1. The highest BCUT2D eigenvalue weighted by Crippen LogP contribution is 2.22. The molecule has 0 saturated heterocycles. The van der Waals surface area contributed by atoms with Crippen LogP contribution in [-0.4, -0.2) is 27.8 Å². The number of ketones is 1. The summed E-state index contributed by atoms with van der Waals surface area (Å²) in [4.78, 5) is 27.9. The Morgan fingerprint density at radius 3 is 2.64 bits per heavy atom. The summed E-state index contributed by atoms with van der Waals surface area (Å²) >= 11 is 0. The lowest BCUT2D eigenvalue weighted by atomic mass is 10.2. The van der Waals surface area contributed by atoms with E-state index in [0.717, 1.165) is 16.9 Å². The third-order valence-electron chi connectivity index (χ3n) is 3.67. The fraction of sp³-hybridized carbons (Fsp3) is 0.353. The van der Waals surface area contributed by atoms with E-state index in [1.165, 1.54) is 0 Å². The first-order valence-electron chi connectivity index (χ1n) is 7.31. The Kier molecular flexibility index (Phi) is 4.75. The molecule has 0 saturated carbocycles. The topological polar surface area (TPSA) is 64.0 Å². The van der Waals surface area contributed by atoms with E-state index >= 15 is 0 Å². The maximum Gasteiger partial charge on any atom is 0.246 e. The van der Waals surface area contributed by atoms with E-state index in [4.69, 9.17) is 0 Å². The maximum absolute atomic E-state index is 11.8. The van der Waals surface area contributed by atoms with E-state index in [1.54, 1.807) is 13.8 Å². The van der Waals surface area contributed by atoms with Crippen LogP contribution in [0.3, 0.4) is 0 Å². The van der Waals surface area contributed by atoms with Crippen molar-refractivity contribution in [3.63, 3.8) is 0 Å². The molecule has 0 radical (unpaired) electrons. The van der Waals surface area contributed by atoms with E-state index in [0.29, 0.717) is 18.5 Å². The molecule has 1 aromatic carbocycles. The SMILES string of the molecule is C=C(C)C(=O)NCCc1nc2ccccc2n1C(C)C(C)=O. The molecule has 0 spiro atoms. The van der Waals surface area contributed by atoms with E-state index in [2.05, 4.69) is 16.9 Å². The van der Waals surface area contributed by atoms with E-state index in [-0.39, 0.29) is 17.7 Å². The first-order valence-corrected chi connectivity index (χ1v) is 7.31. The van der Waals surface area contributed by atoms with Gasteiger partial charge in [-0.25, -0.2) is 4.98 Å². The number of nitrogens with one attached hydrogen (secondary N) is 1. The molecule has 1 atom stereocenters. The Bertz CT molecular complexity index is 731. The van der Waals surface area contributed by atoms with Crippen molar-refractivity contribution in [2.45, 2.75) is 33.2 Å². The van der Waals surface area contributed by atoms with E-state index < -0.39 is 0 Å². The molecule has 0 fully saturated rings. The summed E-state index contributed by atoms with van der Waals surface area (Å²) < 4.78 is 1.95. The molecule has 0 aliphatic rings. The third-order valence-corrected chi connectivity index (χ3v) is 3.67. The van der Waals surface area contributed by atoms with Crippen LogP contribution in [-0.2, 0) is 16.0 Å². The molecule has 1 unspecified atom stereocenters. The normalized spacial score (nSPS) is 12.1. The molecule has 0 aliphatic carbocycles. The zero-order valence-electron chi connectivity index (χ0n) is 13.2. The number of aromatic nitrogens is 2. The van der Waals surface area contributed by atoms with Crippen molar-refractivity contribution in [3.05, 3.63) is 42.2 Å². The number of hydrogen-bond donors (Lipinski definition) is 1. The standard InChI is InChI=1S/C17H21N3O2/c1-11(2)17(22)18-10-9-16-19-14-7-5-6-8-15(14)20(16)12(3)13(4)21/h5-8,12H,1,9-10H2,2-4H3,(H,18,22). The minimum Gasteiger partial charge on any atom is -0.352 e. The van der Waals surface area contributed by atoms with Crippen LogP contribution in [0.15, 0.2) is 36.4 Å². The van der Waals surface area contributed by atoms with Gasteiger partial charge in [-0.3, -0.25) is 9.59 Å². The number of rotatable bonds is 6. The Morgan fingerprint density at radius 1 is 1.32 bits per heavy atom. The summed E-state index contributed by atoms with van der Waals surface area (Å²) in [6.07, 6.45) is 0.561. The van der Waals surface area contributed by atoms with Gasteiger partial charge in [0.05, 0.1) is 17.1 Å². The predicted molar refractivity (Wildman–Crippen MR) is 86.7 cm³/mol. The van der Waals surface area contributed by atoms with Gasteiger partial charge in [0, 0.05) is 18.5 Å². The van der Waals surface area contributed by atoms with Crippen molar-refractivity contribution < 1.29 is 9.59 Å². The summed E-state index contributed by atoms with van der Waals surface area (Å²) in [7, 11) is 0. The summed E-state index contributed by atoms with van der Waals surface area (Å²) in [5, 5.41) is 2.79. The van der Waals surface area contributed by atoms with Gasteiger partial charge in [-0.05, 0) is 32.9 Å². The van der Waals surface area contributed by atoms with Crippen molar-refractivity contribution >= 4 is 22.7 Å². The van der Waals surface area contributed by atoms with Crippen molar-refractivity contribution in [1.29, 1.82) is 0 Å².